The molecule has 6 N–H and O–H groups in total. The van der Waals surface area contributed by atoms with Crippen molar-refractivity contribution in [2.45, 2.75) is 0 Å². The van der Waals surface area contributed by atoms with E-state index in [0.717, 1.165) is 0 Å². The van der Waals surface area contributed by atoms with Gasteiger partial charge in [-0.15, -0.1) is 0 Å². The van der Waals surface area contributed by atoms with Crippen LogP contribution in [0.5, 0.6) is 0 Å². The highest BCUT2D eigenvalue weighted by molar-refractivity contribution is 7.47. The maximum Gasteiger partial charge on any atom is 0.218 e. The average molecular weight is 201 g/mol. The van der Waals surface area contributed by atoms with E-state index in [1.807, 2.05) is 6.07 Å². The van der Waals surface area contributed by atoms with Gasteiger partial charge in [-0.1, -0.05) is 18.2 Å². The van der Waals surface area contributed by atoms with Gasteiger partial charge in [-0.05, 0) is 12.1 Å². The Morgan fingerprint density at radius 2 is 1.69 bits per heavy atom. The summed E-state index contributed by atoms with van der Waals surface area (Å²) in [4.78, 5) is 8.57. The van der Waals surface area contributed by atoms with Crippen LogP contribution in [0, 0.1) is 5.41 Å². The lowest BCUT2D eigenvalue weighted by molar-refractivity contribution is 0.513. The maximum absolute atomic E-state index is 10.4. The van der Waals surface area contributed by atoms with Crippen LogP contribution in [0.1, 0.15) is 0 Å². The molecule has 1 aromatic carbocycles. The van der Waals surface area contributed by atoms with Gasteiger partial charge in [0, 0.05) is 5.30 Å². The Labute approximate surface area is 76.8 Å². The minimum Gasteiger partial charge on any atom is -0.370 e. The Balaban J connectivity index is 0.000000310. The number of benzene rings is 1. The van der Waals surface area contributed by atoms with Gasteiger partial charge in [0.05, 0.1) is 0 Å². The molecule has 0 saturated heterocycles. The second kappa shape index (κ2) is 6.22. The Bertz CT molecular complexity index is 285. The quantitative estimate of drug-likeness (QED) is 0.281. The van der Waals surface area contributed by atoms with Gasteiger partial charge >= 0.3 is 0 Å². The first kappa shape index (κ1) is 11.7. The second-order valence-electron chi connectivity index (χ2n) is 2.13. The first-order valence-corrected chi connectivity index (χ1v) is 4.77. The molecule has 5 nitrogen and oxygen atoms in total. The van der Waals surface area contributed by atoms with E-state index in [-0.39, 0.29) is 5.96 Å². The third-order valence-corrected chi connectivity index (χ3v) is 1.85. The Morgan fingerprint density at radius 3 is 1.92 bits per heavy atom. The molecule has 0 aliphatic rings. The molecule has 1 atom stereocenters. The molecular formula is C7H12N3O2P. The predicted octanol–water partition coefficient (Wildman–Crippen LogP) is -0.383. The highest BCUT2D eigenvalue weighted by Gasteiger charge is 1.92. The fourth-order valence-electron chi connectivity index (χ4n) is 0.581. The van der Waals surface area contributed by atoms with Crippen LogP contribution in [-0.4, -0.2) is 10.9 Å². The summed E-state index contributed by atoms with van der Waals surface area (Å²) in [6, 6.07) is 8.58. The lowest BCUT2D eigenvalue weighted by atomic mass is 10.4. The van der Waals surface area contributed by atoms with Crippen molar-refractivity contribution in [1.29, 1.82) is 5.41 Å². The van der Waals surface area contributed by atoms with E-state index in [4.69, 9.17) is 10.3 Å². The maximum atomic E-state index is 10.4. The summed E-state index contributed by atoms with van der Waals surface area (Å²) < 4.78 is 10.4. The Kier molecular flexibility index (Phi) is 5.59. The SMILES string of the molecule is N=C(N)N.O=[PH](O)c1ccccc1. The molecule has 13 heavy (non-hydrogen) atoms. The second-order valence-corrected chi connectivity index (χ2v) is 3.31. The van der Waals surface area contributed by atoms with Gasteiger partial charge in [0.25, 0.3) is 0 Å². The molecule has 0 saturated carbocycles. The number of nitrogens with one attached hydrogen (secondary N) is 1. The predicted molar refractivity (Wildman–Crippen MR) is 53.4 cm³/mol. The van der Waals surface area contributed by atoms with Crippen LogP contribution in [0.2, 0.25) is 0 Å². The highest BCUT2D eigenvalue weighted by atomic mass is 31.1. The van der Waals surface area contributed by atoms with E-state index in [1.165, 1.54) is 0 Å². The smallest absolute Gasteiger partial charge is 0.218 e. The van der Waals surface area contributed by atoms with Gasteiger partial charge in [0.15, 0.2) is 5.96 Å². The van der Waals surface area contributed by atoms with Gasteiger partial charge in [-0.25, -0.2) is 0 Å². The molecule has 0 amide bonds. The van der Waals surface area contributed by atoms with E-state index in [1.54, 1.807) is 24.3 Å². The number of hydrogen-bond donors (Lipinski definition) is 4. The molecule has 1 unspecified atom stereocenters. The van der Waals surface area contributed by atoms with Crippen molar-refractivity contribution in [1.82, 2.24) is 0 Å². The molecular weight excluding hydrogens is 189 g/mol. The summed E-state index contributed by atoms with van der Waals surface area (Å²) in [7, 11) is -2.46. The van der Waals surface area contributed by atoms with Gasteiger partial charge in [0.2, 0.25) is 8.03 Å². The van der Waals surface area contributed by atoms with Crippen LogP contribution in [0.3, 0.4) is 0 Å². The molecule has 0 aromatic heterocycles. The molecule has 0 heterocycles. The molecule has 0 radical (unpaired) electrons. The summed E-state index contributed by atoms with van der Waals surface area (Å²) in [6.45, 7) is 0. The zero-order chi connectivity index (χ0) is 10.3. The van der Waals surface area contributed by atoms with Crippen molar-refractivity contribution < 1.29 is 9.46 Å². The third kappa shape index (κ3) is 7.05. The average Bonchev–Trinajstić information content (AvgIpc) is 2.05. The zero-order valence-corrected chi connectivity index (χ0v) is 7.90. The highest BCUT2D eigenvalue weighted by Crippen LogP contribution is 2.10. The summed E-state index contributed by atoms with van der Waals surface area (Å²) >= 11 is 0. The summed E-state index contributed by atoms with van der Waals surface area (Å²) in [5, 5.41) is 6.57. The summed E-state index contributed by atoms with van der Waals surface area (Å²) in [5.74, 6) is -0.333. The van der Waals surface area contributed by atoms with E-state index in [2.05, 4.69) is 11.5 Å². The number of rotatable bonds is 1. The van der Waals surface area contributed by atoms with Crippen LogP contribution >= 0.6 is 8.03 Å². The number of guanidine groups is 1. The largest absolute Gasteiger partial charge is 0.370 e. The van der Waals surface area contributed by atoms with Crippen molar-refractivity contribution in [3.05, 3.63) is 30.3 Å². The molecule has 1 rings (SSSR count). The van der Waals surface area contributed by atoms with Gasteiger partial charge < -0.3 is 16.4 Å². The molecule has 0 spiro atoms. The monoisotopic (exact) mass is 201 g/mol. The van der Waals surface area contributed by atoms with Gasteiger partial charge in [0.1, 0.15) is 0 Å². The third-order valence-electron chi connectivity index (χ3n) is 1.02. The summed E-state index contributed by atoms with van der Waals surface area (Å²) in [6.07, 6.45) is 0. The first-order valence-electron chi connectivity index (χ1n) is 3.42. The molecule has 0 bridgehead atoms. The minimum atomic E-state index is -2.46. The fraction of sp³-hybridized carbons (Fsp3) is 0. The van der Waals surface area contributed by atoms with Crippen molar-refractivity contribution >= 4 is 19.3 Å². The van der Waals surface area contributed by atoms with Gasteiger partial charge in [-0.3, -0.25) is 9.97 Å². The van der Waals surface area contributed by atoms with Gasteiger partial charge in [-0.2, -0.15) is 0 Å². The van der Waals surface area contributed by atoms with Crippen LogP contribution in [-0.2, 0) is 4.57 Å². The van der Waals surface area contributed by atoms with Crippen molar-refractivity contribution in [3.8, 4) is 0 Å². The minimum absolute atomic E-state index is 0.333. The van der Waals surface area contributed by atoms with Crippen molar-refractivity contribution in [2.24, 2.45) is 11.5 Å². The lowest BCUT2D eigenvalue weighted by Gasteiger charge is -1.90. The van der Waals surface area contributed by atoms with E-state index >= 15 is 0 Å². The van der Waals surface area contributed by atoms with Crippen molar-refractivity contribution in [2.75, 3.05) is 0 Å². The molecule has 72 valence electrons. The van der Waals surface area contributed by atoms with Crippen LogP contribution in [0.15, 0.2) is 30.3 Å². The molecule has 0 aliphatic carbocycles. The summed E-state index contributed by atoms with van der Waals surface area (Å²) in [5.41, 5.74) is 8.94. The van der Waals surface area contributed by atoms with Crippen LogP contribution < -0.4 is 16.8 Å². The normalized spacial score (nSPS) is 10.8. The molecule has 6 heteroatoms. The van der Waals surface area contributed by atoms with Crippen LogP contribution in [0.25, 0.3) is 0 Å². The Morgan fingerprint density at radius 1 is 1.31 bits per heavy atom. The van der Waals surface area contributed by atoms with E-state index in [0.29, 0.717) is 5.30 Å². The molecule has 0 aliphatic heterocycles. The van der Waals surface area contributed by atoms with Crippen molar-refractivity contribution in [3.63, 3.8) is 0 Å². The fourth-order valence-corrected chi connectivity index (χ4v) is 1.06. The van der Waals surface area contributed by atoms with E-state index in [9.17, 15) is 4.57 Å². The van der Waals surface area contributed by atoms with Crippen LogP contribution in [0.4, 0.5) is 0 Å². The lowest BCUT2D eigenvalue weighted by Crippen LogP contribution is -2.20. The molecule has 1 aromatic rings. The topological polar surface area (TPSA) is 113 Å². The number of nitrogens with two attached hydrogens (primary N) is 2. The Hall–Kier alpha value is -1.32. The van der Waals surface area contributed by atoms with E-state index < -0.39 is 8.03 Å². The standard InChI is InChI=1S/C6H7O2P.CH5N3/c7-9(8)6-4-2-1-3-5-6;2-1(3)4/h1-5,9H,(H,7,8);(H5,2,3,4). The zero-order valence-electron chi connectivity index (χ0n) is 6.90. The number of hydrogen-bond acceptors (Lipinski definition) is 2. The first-order chi connectivity index (χ1) is 6.04. The molecule has 0 fully saturated rings.